The molecule has 10 heteroatoms. The Morgan fingerprint density at radius 2 is 1.84 bits per heavy atom. The molecule has 4 heterocycles. The lowest BCUT2D eigenvalue weighted by molar-refractivity contribution is -0.136. The molecule has 164 valence electrons. The fourth-order valence-electron chi connectivity index (χ4n) is 5.20. The Kier molecular flexibility index (Phi) is 4.67. The van der Waals surface area contributed by atoms with Gasteiger partial charge in [0.05, 0.1) is 17.7 Å². The number of nitrogens with one attached hydrogen (secondary N) is 2. The summed E-state index contributed by atoms with van der Waals surface area (Å²) in [5.41, 5.74) is 1.17. The normalized spacial score (nSPS) is 30.4. The van der Waals surface area contributed by atoms with Gasteiger partial charge in [-0.15, -0.1) is 0 Å². The number of carbonyl (C=O) groups is 4. The average molecular weight is 432 g/mol. The summed E-state index contributed by atoms with van der Waals surface area (Å²) >= 11 is 0. The second-order valence-corrected chi connectivity index (χ2v) is 8.78. The Balaban J connectivity index is 1.33. The highest BCUT2D eigenvalue weighted by molar-refractivity contribution is 6.23. The molecule has 4 aliphatic heterocycles. The van der Waals surface area contributed by atoms with Crippen LogP contribution in [-0.4, -0.2) is 71.6 Å². The van der Waals surface area contributed by atoms with Crippen LogP contribution in [0.2, 0.25) is 0 Å². The highest BCUT2D eigenvalue weighted by atomic mass is 19.3. The molecular weight excluding hydrogens is 410 g/mol. The Labute approximate surface area is 176 Å². The van der Waals surface area contributed by atoms with Gasteiger partial charge in [-0.25, -0.2) is 8.78 Å². The van der Waals surface area contributed by atoms with Crippen LogP contribution in [0.3, 0.4) is 0 Å². The number of nitrogens with zero attached hydrogens (tertiary/aromatic N) is 2. The molecule has 5 rings (SSSR count). The highest BCUT2D eigenvalue weighted by Crippen LogP contribution is 2.39. The Morgan fingerprint density at radius 1 is 1.06 bits per heavy atom. The van der Waals surface area contributed by atoms with Gasteiger partial charge >= 0.3 is 0 Å². The third kappa shape index (κ3) is 3.34. The Hall–Kier alpha value is -2.72. The predicted octanol–water partition coefficient (Wildman–Crippen LogP) is 0.374. The van der Waals surface area contributed by atoms with E-state index in [1.54, 1.807) is 18.2 Å². The van der Waals surface area contributed by atoms with Crippen LogP contribution in [-0.2, 0) is 16.1 Å². The van der Waals surface area contributed by atoms with E-state index in [0.29, 0.717) is 19.6 Å². The molecule has 3 saturated heterocycles. The third-order valence-corrected chi connectivity index (χ3v) is 6.74. The lowest BCUT2D eigenvalue weighted by Crippen LogP contribution is -2.54. The van der Waals surface area contributed by atoms with E-state index in [1.807, 2.05) is 4.90 Å². The van der Waals surface area contributed by atoms with E-state index < -0.39 is 41.5 Å². The molecule has 0 aromatic heterocycles. The van der Waals surface area contributed by atoms with Gasteiger partial charge in [-0.2, -0.15) is 0 Å². The first-order chi connectivity index (χ1) is 14.7. The number of hydrogen-bond donors (Lipinski definition) is 2. The summed E-state index contributed by atoms with van der Waals surface area (Å²) in [5, 5.41) is 4.97. The first kappa shape index (κ1) is 20.2. The zero-order valence-corrected chi connectivity index (χ0v) is 16.7. The summed E-state index contributed by atoms with van der Waals surface area (Å²) in [5.74, 6) is -5.74. The minimum atomic E-state index is -2.74. The molecule has 1 aromatic carbocycles. The Bertz CT molecular complexity index is 998. The molecule has 1 unspecified atom stereocenters. The standard InChI is InChI=1S/C21H22F2N4O4/c22-21(23)10-24-6-12-8-26(9-15(12)21)7-11-1-2-13-14(5-11)20(31)27(19(13)30)16-3-4-17(28)25-18(16)29/h1-2,5,12,15-16,24H,3-4,6-10H2,(H,25,28,29)/t12-,15+,16?/m1/s1. The van der Waals surface area contributed by atoms with Crippen LogP contribution >= 0.6 is 0 Å². The van der Waals surface area contributed by atoms with Crippen molar-refractivity contribution in [3.8, 4) is 0 Å². The number of hydrogen-bond acceptors (Lipinski definition) is 6. The molecule has 2 N–H and O–H groups in total. The van der Waals surface area contributed by atoms with E-state index in [4.69, 9.17) is 0 Å². The van der Waals surface area contributed by atoms with E-state index in [9.17, 15) is 28.0 Å². The van der Waals surface area contributed by atoms with Crippen LogP contribution in [0.25, 0.3) is 0 Å². The van der Waals surface area contributed by atoms with Crippen LogP contribution < -0.4 is 10.6 Å². The fraction of sp³-hybridized carbons (Fsp3) is 0.524. The molecular formula is C21H22F2N4O4. The number of halogens is 2. The lowest BCUT2D eigenvalue weighted by Gasteiger charge is -2.33. The van der Waals surface area contributed by atoms with E-state index in [-0.39, 0.29) is 43.0 Å². The van der Waals surface area contributed by atoms with Gasteiger partial charge < -0.3 is 5.32 Å². The van der Waals surface area contributed by atoms with Crippen molar-refractivity contribution < 1.29 is 28.0 Å². The summed E-state index contributed by atoms with van der Waals surface area (Å²) in [6.45, 7) is 1.49. The van der Waals surface area contributed by atoms with Gasteiger partial charge in [0.25, 0.3) is 17.7 Å². The minimum Gasteiger partial charge on any atom is -0.311 e. The summed E-state index contributed by atoms with van der Waals surface area (Å²) in [7, 11) is 0. The van der Waals surface area contributed by atoms with Gasteiger partial charge in [-0.05, 0) is 36.6 Å². The van der Waals surface area contributed by atoms with Gasteiger partial charge in [-0.3, -0.25) is 34.3 Å². The number of amides is 4. The maximum Gasteiger partial charge on any atom is 0.264 e. The molecule has 3 fully saturated rings. The molecule has 0 aliphatic carbocycles. The van der Waals surface area contributed by atoms with Crippen LogP contribution in [0.5, 0.6) is 0 Å². The second kappa shape index (κ2) is 7.16. The molecule has 31 heavy (non-hydrogen) atoms. The van der Waals surface area contributed by atoms with E-state index in [0.717, 1.165) is 10.5 Å². The molecule has 4 amide bonds. The molecule has 1 aromatic rings. The van der Waals surface area contributed by atoms with E-state index in [1.165, 1.54) is 0 Å². The first-order valence-corrected chi connectivity index (χ1v) is 10.4. The number of alkyl halides is 2. The molecule has 0 radical (unpaired) electrons. The summed E-state index contributed by atoms with van der Waals surface area (Å²) < 4.78 is 28.4. The number of benzene rings is 1. The minimum absolute atomic E-state index is 0.0614. The largest absolute Gasteiger partial charge is 0.311 e. The average Bonchev–Trinajstić information content (AvgIpc) is 3.23. The van der Waals surface area contributed by atoms with E-state index in [2.05, 4.69) is 10.6 Å². The Morgan fingerprint density at radius 3 is 2.58 bits per heavy atom. The number of rotatable bonds is 3. The zero-order chi connectivity index (χ0) is 21.9. The smallest absolute Gasteiger partial charge is 0.264 e. The zero-order valence-electron chi connectivity index (χ0n) is 16.7. The van der Waals surface area contributed by atoms with Crippen molar-refractivity contribution in [1.82, 2.24) is 20.4 Å². The number of carbonyl (C=O) groups excluding carboxylic acids is 4. The summed E-state index contributed by atoms with van der Waals surface area (Å²) in [4.78, 5) is 52.1. The molecule has 0 saturated carbocycles. The maximum atomic E-state index is 14.2. The second-order valence-electron chi connectivity index (χ2n) is 8.78. The van der Waals surface area contributed by atoms with Crippen molar-refractivity contribution in [2.24, 2.45) is 11.8 Å². The van der Waals surface area contributed by atoms with Crippen LogP contribution in [0, 0.1) is 11.8 Å². The molecule has 0 bridgehead atoms. The summed E-state index contributed by atoms with van der Waals surface area (Å²) in [6, 6.07) is 3.87. The van der Waals surface area contributed by atoms with Crippen molar-refractivity contribution in [3.05, 3.63) is 34.9 Å². The molecule has 8 nitrogen and oxygen atoms in total. The monoisotopic (exact) mass is 432 g/mol. The topological polar surface area (TPSA) is 98.8 Å². The van der Waals surface area contributed by atoms with Crippen molar-refractivity contribution in [3.63, 3.8) is 0 Å². The van der Waals surface area contributed by atoms with Gasteiger partial charge in [0.1, 0.15) is 6.04 Å². The van der Waals surface area contributed by atoms with Crippen LogP contribution in [0.1, 0.15) is 39.1 Å². The van der Waals surface area contributed by atoms with Gasteiger partial charge in [-0.1, -0.05) is 6.07 Å². The number of imide groups is 2. The van der Waals surface area contributed by atoms with Crippen molar-refractivity contribution in [1.29, 1.82) is 0 Å². The van der Waals surface area contributed by atoms with Gasteiger partial charge in [0.2, 0.25) is 11.8 Å². The number of fused-ring (bicyclic) bond motifs is 2. The first-order valence-electron chi connectivity index (χ1n) is 10.4. The van der Waals surface area contributed by atoms with Crippen molar-refractivity contribution >= 4 is 23.6 Å². The third-order valence-electron chi connectivity index (χ3n) is 6.74. The number of likely N-dealkylation sites (tertiary alicyclic amines) is 1. The van der Waals surface area contributed by atoms with Gasteiger partial charge in [0, 0.05) is 32.0 Å². The van der Waals surface area contributed by atoms with Gasteiger partial charge in [0.15, 0.2) is 0 Å². The van der Waals surface area contributed by atoms with Crippen LogP contribution in [0.15, 0.2) is 18.2 Å². The fourth-order valence-corrected chi connectivity index (χ4v) is 5.20. The molecule has 4 aliphatic rings. The number of piperidine rings is 2. The van der Waals surface area contributed by atoms with Crippen molar-refractivity contribution in [2.75, 3.05) is 26.2 Å². The predicted molar refractivity (Wildman–Crippen MR) is 103 cm³/mol. The lowest BCUT2D eigenvalue weighted by atomic mass is 9.87. The van der Waals surface area contributed by atoms with Crippen molar-refractivity contribution in [2.45, 2.75) is 31.4 Å². The molecule has 0 spiro atoms. The summed E-state index contributed by atoms with van der Waals surface area (Å²) in [6.07, 6.45) is 0.160. The maximum absolute atomic E-state index is 14.2. The van der Waals surface area contributed by atoms with E-state index >= 15 is 0 Å². The highest BCUT2D eigenvalue weighted by Gasteiger charge is 2.51. The van der Waals surface area contributed by atoms with Crippen LogP contribution in [0.4, 0.5) is 8.78 Å². The molecule has 3 atom stereocenters. The SMILES string of the molecule is O=C1CCC(N2C(=O)c3ccc(CN4C[C@H]5CNCC(F)(F)[C@H]5C4)cc3C2=O)C(=O)N1. The quantitative estimate of drug-likeness (QED) is 0.670.